The molecule has 1 aliphatic rings. The van der Waals surface area contributed by atoms with Gasteiger partial charge in [0.25, 0.3) is 0 Å². The summed E-state index contributed by atoms with van der Waals surface area (Å²) in [5, 5.41) is 3.05. The molecule has 0 saturated heterocycles. The lowest BCUT2D eigenvalue weighted by molar-refractivity contribution is -0.140. The molecule has 29 heavy (non-hydrogen) atoms. The molecule has 0 aliphatic heterocycles. The second-order valence-electron chi connectivity index (χ2n) is 7.41. The first kappa shape index (κ1) is 21.3. The van der Waals surface area contributed by atoms with Gasteiger partial charge in [0.2, 0.25) is 11.8 Å². The summed E-state index contributed by atoms with van der Waals surface area (Å²) in [5.74, 6) is -1.58. The number of halogens is 2. The van der Waals surface area contributed by atoms with Crippen LogP contribution in [0.3, 0.4) is 0 Å². The van der Waals surface area contributed by atoms with Gasteiger partial charge in [0, 0.05) is 18.2 Å². The first-order valence-corrected chi connectivity index (χ1v) is 10.6. The predicted octanol–water partition coefficient (Wildman–Crippen LogP) is 4.58. The van der Waals surface area contributed by atoms with Crippen LogP contribution in [0, 0.1) is 5.82 Å². The van der Waals surface area contributed by atoms with Crippen molar-refractivity contribution >= 4 is 23.4 Å². The van der Waals surface area contributed by atoms with Crippen LogP contribution in [0.1, 0.15) is 49.3 Å². The maximum absolute atomic E-state index is 14.7. The van der Waals surface area contributed by atoms with Gasteiger partial charge < -0.3 is 10.2 Å². The van der Waals surface area contributed by atoms with Gasteiger partial charge in [0.15, 0.2) is 0 Å². The van der Waals surface area contributed by atoms with E-state index in [4.69, 9.17) is 11.6 Å². The van der Waals surface area contributed by atoms with Gasteiger partial charge in [0.1, 0.15) is 17.7 Å². The van der Waals surface area contributed by atoms with Gasteiger partial charge in [-0.1, -0.05) is 67.8 Å². The second-order valence-corrected chi connectivity index (χ2v) is 7.68. The van der Waals surface area contributed by atoms with E-state index in [0.717, 1.165) is 37.7 Å². The van der Waals surface area contributed by atoms with Gasteiger partial charge in [-0.15, -0.1) is 11.6 Å². The summed E-state index contributed by atoms with van der Waals surface area (Å²) in [7, 11) is 0. The highest BCUT2D eigenvalue weighted by atomic mass is 35.5. The molecule has 4 nitrogen and oxygen atoms in total. The predicted molar refractivity (Wildman–Crippen MR) is 112 cm³/mol. The maximum atomic E-state index is 14.7. The second kappa shape index (κ2) is 10.4. The Labute approximate surface area is 176 Å². The highest BCUT2D eigenvalue weighted by Crippen LogP contribution is 2.27. The third kappa shape index (κ3) is 5.57. The van der Waals surface area contributed by atoms with Crippen molar-refractivity contribution in [3.05, 3.63) is 71.5 Å². The molecule has 2 amide bonds. The Morgan fingerprint density at radius 3 is 2.34 bits per heavy atom. The number of hydrogen-bond donors (Lipinski definition) is 1. The summed E-state index contributed by atoms with van der Waals surface area (Å²) in [6.45, 7) is 0.170. The van der Waals surface area contributed by atoms with E-state index >= 15 is 0 Å². The van der Waals surface area contributed by atoms with Crippen LogP contribution in [0.5, 0.6) is 0 Å². The van der Waals surface area contributed by atoms with E-state index < -0.39 is 17.8 Å². The number of amides is 2. The minimum atomic E-state index is -1.08. The average Bonchev–Trinajstić information content (AvgIpc) is 2.75. The van der Waals surface area contributed by atoms with Gasteiger partial charge in [0.05, 0.1) is 0 Å². The average molecular weight is 417 g/mol. The Kier molecular flexibility index (Phi) is 7.64. The number of benzene rings is 2. The third-order valence-electron chi connectivity index (χ3n) is 5.34. The van der Waals surface area contributed by atoms with Crippen molar-refractivity contribution in [3.63, 3.8) is 0 Å². The molecule has 1 saturated carbocycles. The molecule has 154 valence electrons. The molecule has 1 atom stereocenters. The lowest BCUT2D eigenvalue weighted by atomic mass is 9.94. The maximum Gasteiger partial charge on any atom is 0.247 e. The first-order chi connectivity index (χ1) is 14.1. The van der Waals surface area contributed by atoms with Gasteiger partial charge in [-0.05, 0) is 24.5 Å². The highest BCUT2D eigenvalue weighted by Gasteiger charge is 2.34. The Hall–Kier alpha value is -2.40. The summed E-state index contributed by atoms with van der Waals surface area (Å²) < 4.78 is 14.7. The number of rotatable bonds is 7. The number of alkyl halides is 1. The van der Waals surface area contributed by atoms with Gasteiger partial charge >= 0.3 is 0 Å². The van der Waals surface area contributed by atoms with Crippen LogP contribution in [-0.4, -0.2) is 28.6 Å². The van der Waals surface area contributed by atoms with E-state index in [1.54, 1.807) is 18.2 Å². The zero-order valence-electron chi connectivity index (χ0n) is 16.3. The number of carbonyl (C=O) groups excluding carboxylic acids is 2. The molecule has 1 N–H and O–H groups in total. The van der Waals surface area contributed by atoms with Crippen LogP contribution in [0.2, 0.25) is 0 Å². The number of nitrogens with zero attached hydrogens (tertiary/aromatic N) is 1. The fraction of sp³-hybridized carbons (Fsp3) is 0.391. The Morgan fingerprint density at radius 1 is 1.03 bits per heavy atom. The molecule has 0 aromatic heterocycles. The van der Waals surface area contributed by atoms with E-state index in [1.807, 2.05) is 30.3 Å². The standard InChI is InChI=1S/C23H26ClFN2O2/c24-15-21(28)27(16-17-9-3-1-4-10-17)22(19-13-7-8-14-20(19)25)23(29)26-18-11-5-2-6-12-18/h1,3-4,7-10,13-14,18,22H,2,5-6,11-12,15-16H2,(H,26,29)/t22-/m0/s1. The molecule has 6 heteroatoms. The lowest BCUT2D eigenvalue weighted by Gasteiger charge is -2.33. The Bertz CT molecular complexity index is 825. The van der Waals surface area contributed by atoms with Crippen LogP contribution in [0.15, 0.2) is 54.6 Å². The first-order valence-electron chi connectivity index (χ1n) is 10.0. The van der Waals surface area contributed by atoms with Crippen molar-refractivity contribution in [3.8, 4) is 0 Å². The molecule has 1 fully saturated rings. The SMILES string of the molecule is O=C(NC1CCCCC1)[C@H](c1ccccc1F)N(Cc1ccccc1)C(=O)CCl. The van der Waals surface area contributed by atoms with Gasteiger partial charge in [-0.2, -0.15) is 0 Å². The molecule has 1 aliphatic carbocycles. The van der Waals surface area contributed by atoms with Crippen LogP contribution < -0.4 is 5.32 Å². The van der Waals surface area contributed by atoms with E-state index in [2.05, 4.69) is 5.32 Å². The minimum absolute atomic E-state index is 0.0511. The Balaban J connectivity index is 1.95. The topological polar surface area (TPSA) is 49.4 Å². The molecule has 0 unspecified atom stereocenters. The summed E-state index contributed by atoms with van der Waals surface area (Å²) in [4.78, 5) is 27.4. The Morgan fingerprint density at radius 2 is 1.69 bits per heavy atom. The monoisotopic (exact) mass is 416 g/mol. The molecule has 0 spiro atoms. The normalized spacial score (nSPS) is 15.5. The molecular weight excluding hydrogens is 391 g/mol. The van der Waals surface area contributed by atoms with Crippen molar-refractivity contribution in [1.82, 2.24) is 10.2 Å². The summed E-state index contributed by atoms with van der Waals surface area (Å²) in [6, 6.07) is 14.4. The van der Waals surface area contributed by atoms with Crippen molar-refractivity contribution in [2.24, 2.45) is 0 Å². The summed E-state index contributed by atoms with van der Waals surface area (Å²) in [5.41, 5.74) is 1.02. The van der Waals surface area contributed by atoms with Gasteiger partial charge in [-0.25, -0.2) is 4.39 Å². The number of carbonyl (C=O) groups is 2. The summed E-state index contributed by atoms with van der Waals surface area (Å²) >= 11 is 5.86. The van der Waals surface area contributed by atoms with E-state index in [0.29, 0.717) is 0 Å². The summed E-state index contributed by atoms with van der Waals surface area (Å²) in [6.07, 6.45) is 5.08. The molecule has 0 radical (unpaired) electrons. The third-order valence-corrected chi connectivity index (χ3v) is 5.57. The molecule has 2 aromatic rings. The van der Waals surface area contributed by atoms with Crippen LogP contribution >= 0.6 is 11.6 Å². The van der Waals surface area contributed by atoms with Crippen molar-refractivity contribution in [1.29, 1.82) is 0 Å². The fourth-order valence-corrected chi connectivity index (χ4v) is 4.01. The fourth-order valence-electron chi connectivity index (χ4n) is 3.85. The largest absolute Gasteiger partial charge is 0.351 e. The van der Waals surface area contributed by atoms with Crippen molar-refractivity contribution < 1.29 is 14.0 Å². The highest BCUT2D eigenvalue weighted by molar-refractivity contribution is 6.27. The molecule has 0 bridgehead atoms. The van der Waals surface area contributed by atoms with Gasteiger partial charge in [-0.3, -0.25) is 9.59 Å². The smallest absolute Gasteiger partial charge is 0.247 e. The van der Waals surface area contributed by atoms with Crippen molar-refractivity contribution in [2.75, 3.05) is 5.88 Å². The van der Waals surface area contributed by atoms with Crippen LogP contribution in [-0.2, 0) is 16.1 Å². The zero-order chi connectivity index (χ0) is 20.6. The van der Waals surface area contributed by atoms with Crippen LogP contribution in [0.4, 0.5) is 4.39 Å². The van der Waals surface area contributed by atoms with Crippen molar-refractivity contribution in [2.45, 2.75) is 50.7 Å². The molecule has 2 aromatic carbocycles. The lowest BCUT2D eigenvalue weighted by Crippen LogP contribution is -2.47. The zero-order valence-corrected chi connectivity index (χ0v) is 17.1. The molecule has 0 heterocycles. The molecule has 3 rings (SSSR count). The molecular formula is C23H26ClFN2O2. The number of nitrogens with one attached hydrogen (secondary N) is 1. The van der Waals surface area contributed by atoms with E-state index in [1.165, 1.54) is 11.0 Å². The quantitative estimate of drug-likeness (QED) is 0.671. The van der Waals surface area contributed by atoms with E-state index in [-0.39, 0.29) is 29.9 Å². The minimum Gasteiger partial charge on any atom is -0.351 e. The van der Waals surface area contributed by atoms with Crippen LogP contribution in [0.25, 0.3) is 0 Å². The number of hydrogen-bond acceptors (Lipinski definition) is 2. The van der Waals surface area contributed by atoms with E-state index in [9.17, 15) is 14.0 Å².